The number of aryl methyl sites for hydroxylation is 1. The SMILES string of the molecule is CCO[C@]1(C(=O)Nc2ccc(OC3CCCC3)c(C)c2)CCC[C@@H](C)C1. The average molecular weight is 360 g/mol. The molecule has 144 valence electrons. The van der Waals surface area contributed by atoms with Gasteiger partial charge in [0.1, 0.15) is 11.4 Å². The number of ether oxygens (including phenoxy) is 2. The summed E-state index contributed by atoms with van der Waals surface area (Å²) in [6.45, 7) is 6.78. The molecule has 2 aliphatic rings. The van der Waals surface area contributed by atoms with E-state index in [1.807, 2.05) is 32.0 Å². The van der Waals surface area contributed by atoms with Crippen molar-refractivity contribution in [2.75, 3.05) is 11.9 Å². The van der Waals surface area contributed by atoms with E-state index in [-0.39, 0.29) is 5.91 Å². The van der Waals surface area contributed by atoms with Crippen LogP contribution >= 0.6 is 0 Å². The number of hydrogen-bond acceptors (Lipinski definition) is 3. The van der Waals surface area contributed by atoms with E-state index in [1.54, 1.807) is 0 Å². The van der Waals surface area contributed by atoms with Crippen molar-refractivity contribution < 1.29 is 14.3 Å². The van der Waals surface area contributed by atoms with E-state index in [4.69, 9.17) is 9.47 Å². The molecule has 0 aromatic heterocycles. The van der Waals surface area contributed by atoms with Crippen LogP contribution in [0.25, 0.3) is 0 Å². The molecule has 0 aliphatic heterocycles. The van der Waals surface area contributed by atoms with Crippen LogP contribution in [0.3, 0.4) is 0 Å². The standard InChI is InChI=1S/C22H33NO3/c1-4-25-22(13-7-8-16(2)15-22)21(24)23-18-11-12-20(17(3)14-18)26-19-9-5-6-10-19/h11-12,14,16,19H,4-10,13,15H2,1-3H3,(H,23,24)/t16-,22-/m1/s1. The Morgan fingerprint density at radius 3 is 2.65 bits per heavy atom. The molecule has 0 spiro atoms. The lowest BCUT2D eigenvalue weighted by molar-refractivity contribution is -0.147. The van der Waals surface area contributed by atoms with Crippen LogP contribution in [0.4, 0.5) is 5.69 Å². The largest absolute Gasteiger partial charge is 0.490 e. The van der Waals surface area contributed by atoms with Crippen LogP contribution in [0.2, 0.25) is 0 Å². The maximum Gasteiger partial charge on any atom is 0.256 e. The summed E-state index contributed by atoms with van der Waals surface area (Å²) in [6, 6.07) is 5.94. The van der Waals surface area contributed by atoms with Crippen LogP contribution < -0.4 is 10.1 Å². The Balaban J connectivity index is 1.68. The first-order valence-electron chi connectivity index (χ1n) is 10.2. The van der Waals surface area contributed by atoms with Gasteiger partial charge in [0.2, 0.25) is 0 Å². The van der Waals surface area contributed by atoms with Gasteiger partial charge in [-0.3, -0.25) is 4.79 Å². The van der Waals surface area contributed by atoms with E-state index >= 15 is 0 Å². The third-order valence-electron chi connectivity index (χ3n) is 5.82. The summed E-state index contributed by atoms with van der Waals surface area (Å²) in [6.07, 6.45) is 8.98. The predicted octanol–water partition coefficient (Wildman–Crippen LogP) is 5.24. The Hall–Kier alpha value is -1.55. The first-order chi connectivity index (χ1) is 12.5. The molecule has 1 aromatic rings. The number of rotatable bonds is 6. The summed E-state index contributed by atoms with van der Waals surface area (Å²) in [7, 11) is 0. The molecule has 1 amide bonds. The van der Waals surface area contributed by atoms with E-state index in [2.05, 4.69) is 12.2 Å². The maximum atomic E-state index is 13.0. The van der Waals surface area contributed by atoms with Gasteiger partial charge in [-0.05, 0) is 88.5 Å². The smallest absolute Gasteiger partial charge is 0.256 e. The Morgan fingerprint density at radius 2 is 2.00 bits per heavy atom. The molecule has 1 N–H and O–H groups in total. The quantitative estimate of drug-likeness (QED) is 0.755. The first-order valence-corrected chi connectivity index (χ1v) is 10.2. The topological polar surface area (TPSA) is 47.6 Å². The number of benzene rings is 1. The molecule has 0 saturated heterocycles. The number of carbonyl (C=O) groups excluding carboxylic acids is 1. The minimum absolute atomic E-state index is 0.00485. The summed E-state index contributed by atoms with van der Waals surface area (Å²) < 4.78 is 12.1. The fourth-order valence-electron chi connectivity index (χ4n) is 4.47. The van der Waals surface area contributed by atoms with Crippen molar-refractivity contribution in [3.05, 3.63) is 23.8 Å². The summed E-state index contributed by atoms with van der Waals surface area (Å²) in [5, 5.41) is 3.10. The van der Waals surface area contributed by atoms with Gasteiger partial charge in [-0.25, -0.2) is 0 Å². The first kappa shape index (κ1) is 19.2. The lowest BCUT2D eigenvalue weighted by atomic mass is 9.78. The Morgan fingerprint density at radius 1 is 1.23 bits per heavy atom. The highest BCUT2D eigenvalue weighted by atomic mass is 16.5. The second kappa shape index (κ2) is 8.43. The Bertz CT molecular complexity index is 620. The van der Waals surface area contributed by atoms with Crippen LogP contribution in [0.5, 0.6) is 5.75 Å². The molecule has 0 heterocycles. The van der Waals surface area contributed by atoms with E-state index in [0.29, 0.717) is 18.6 Å². The molecule has 0 bridgehead atoms. The van der Waals surface area contributed by atoms with Crippen LogP contribution in [-0.4, -0.2) is 24.2 Å². The van der Waals surface area contributed by atoms with Crippen LogP contribution in [0.15, 0.2) is 18.2 Å². The third-order valence-corrected chi connectivity index (χ3v) is 5.82. The van der Waals surface area contributed by atoms with Crippen molar-refractivity contribution in [2.45, 2.75) is 83.8 Å². The normalized spacial score (nSPS) is 26.7. The van der Waals surface area contributed by atoms with Crippen molar-refractivity contribution in [3.63, 3.8) is 0 Å². The van der Waals surface area contributed by atoms with Gasteiger partial charge in [0.05, 0.1) is 6.10 Å². The summed E-state index contributed by atoms with van der Waals surface area (Å²) in [5.74, 6) is 1.44. The molecule has 1 aromatic carbocycles. The monoisotopic (exact) mass is 359 g/mol. The van der Waals surface area contributed by atoms with Gasteiger partial charge in [-0.2, -0.15) is 0 Å². The van der Waals surface area contributed by atoms with Gasteiger partial charge in [-0.15, -0.1) is 0 Å². The van der Waals surface area contributed by atoms with Crippen molar-refractivity contribution in [1.29, 1.82) is 0 Å². The van der Waals surface area contributed by atoms with Gasteiger partial charge in [0, 0.05) is 12.3 Å². The molecule has 2 saturated carbocycles. The molecular weight excluding hydrogens is 326 g/mol. The van der Waals surface area contributed by atoms with Gasteiger partial charge < -0.3 is 14.8 Å². The summed E-state index contributed by atoms with van der Waals surface area (Å²) in [4.78, 5) is 13.0. The Labute approximate surface area is 157 Å². The van der Waals surface area contributed by atoms with Crippen molar-refractivity contribution in [1.82, 2.24) is 0 Å². The lowest BCUT2D eigenvalue weighted by Gasteiger charge is -2.38. The zero-order chi connectivity index (χ0) is 18.6. The molecule has 26 heavy (non-hydrogen) atoms. The van der Waals surface area contributed by atoms with Crippen molar-refractivity contribution in [2.24, 2.45) is 5.92 Å². The highest BCUT2D eigenvalue weighted by Gasteiger charge is 2.42. The molecule has 0 unspecified atom stereocenters. The highest BCUT2D eigenvalue weighted by Crippen LogP contribution is 2.36. The number of hydrogen-bond donors (Lipinski definition) is 1. The van der Waals surface area contributed by atoms with Crippen LogP contribution in [0.1, 0.15) is 70.8 Å². The fraction of sp³-hybridized carbons (Fsp3) is 0.682. The van der Waals surface area contributed by atoms with Crippen molar-refractivity contribution in [3.8, 4) is 5.75 Å². The van der Waals surface area contributed by atoms with Gasteiger partial charge >= 0.3 is 0 Å². The number of carbonyl (C=O) groups is 1. The molecule has 2 atom stereocenters. The molecular formula is C22H33NO3. The minimum atomic E-state index is -0.681. The number of nitrogens with one attached hydrogen (secondary N) is 1. The molecule has 4 nitrogen and oxygen atoms in total. The molecule has 2 fully saturated rings. The number of anilines is 1. The van der Waals surface area contributed by atoms with Crippen molar-refractivity contribution >= 4 is 11.6 Å². The molecule has 0 radical (unpaired) electrons. The Kier molecular flexibility index (Phi) is 6.23. The number of amides is 1. The predicted molar refractivity (Wildman–Crippen MR) is 105 cm³/mol. The molecule has 4 heteroatoms. The summed E-state index contributed by atoms with van der Waals surface area (Å²) >= 11 is 0. The average Bonchev–Trinajstić information content (AvgIpc) is 3.11. The maximum absolute atomic E-state index is 13.0. The van der Waals surface area contributed by atoms with E-state index in [1.165, 1.54) is 19.3 Å². The second-order valence-electron chi connectivity index (χ2n) is 8.09. The third kappa shape index (κ3) is 4.40. The fourth-order valence-corrected chi connectivity index (χ4v) is 4.47. The van der Waals surface area contributed by atoms with E-state index < -0.39 is 5.60 Å². The second-order valence-corrected chi connectivity index (χ2v) is 8.09. The van der Waals surface area contributed by atoms with Gasteiger partial charge in [-0.1, -0.05) is 13.3 Å². The highest BCUT2D eigenvalue weighted by molar-refractivity contribution is 5.97. The van der Waals surface area contributed by atoms with E-state index in [0.717, 1.165) is 49.1 Å². The molecule has 3 rings (SSSR count). The van der Waals surface area contributed by atoms with Crippen LogP contribution in [-0.2, 0) is 9.53 Å². The minimum Gasteiger partial charge on any atom is -0.490 e. The summed E-state index contributed by atoms with van der Waals surface area (Å²) in [5.41, 5.74) is 1.21. The molecule has 2 aliphatic carbocycles. The van der Waals surface area contributed by atoms with Gasteiger partial charge in [0.25, 0.3) is 5.91 Å². The zero-order valence-electron chi connectivity index (χ0n) is 16.5. The zero-order valence-corrected chi connectivity index (χ0v) is 16.5. The van der Waals surface area contributed by atoms with Crippen LogP contribution in [0, 0.1) is 12.8 Å². The van der Waals surface area contributed by atoms with E-state index in [9.17, 15) is 4.79 Å². The van der Waals surface area contributed by atoms with Gasteiger partial charge in [0.15, 0.2) is 0 Å². The lowest BCUT2D eigenvalue weighted by Crippen LogP contribution is -2.48.